The van der Waals surface area contributed by atoms with Crippen molar-refractivity contribution < 1.29 is 94.7 Å². The molecule has 0 unspecified atom stereocenters. The lowest BCUT2D eigenvalue weighted by Crippen LogP contribution is -2.56. The van der Waals surface area contributed by atoms with Gasteiger partial charge in [-0.1, -0.05) is 6.07 Å². The summed E-state index contributed by atoms with van der Waals surface area (Å²) < 4.78 is 65.5. The Balaban J connectivity index is 1.18. The van der Waals surface area contributed by atoms with E-state index < -0.39 is 135 Å². The van der Waals surface area contributed by atoms with E-state index in [4.69, 9.17) is 33.5 Å². The summed E-state index contributed by atoms with van der Waals surface area (Å²) in [4.78, 5) is 159. The molecule has 0 saturated carbocycles. The molecule has 1 aromatic heterocycles. The van der Waals surface area contributed by atoms with Gasteiger partial charge in [0.05, 0.1) is 61.8 Å². The molecule has 0 aliphatic carbocycles. The molecule has 3 heterocycles. The van der Waals surface area contributed by atoms with Crippen molar-refractivity contribution in [2.75, 3.05) is 125 Å². The minimum atomic E-state index is -4.43. The van der Waals surface area contributed by atoms with Crippen molar-refractivity contribution in [2.24, 2.45) is 12.0 Å². The molecule has 2 aromatic carbocycles. The second-order valence-electron chi connectivity index (χ2n) is 32.1. The van der Waals surface area contributed by atoms with Crippen molar-refractivity contribution in [1.82, 2.24) is 66.0 Å². The molecule has 3 aromatic rings. The third-order valence-electron chi connectivity index (χ3n) is 17.4. The summed E-state index contributed by atoms with van der Waals surface area (Å²) in [6.45, 7) is 25.9. The Hall–Kier alpha value is -8.90. The van der Waals surface area contributed by atoms with Gasteiger partial charge in [0.1, 0.15) is 46.3 Å². The number of nitrogens with zero attached hydrogens (tertiary/aromatic N) is 7. The molecule has 1 fully saturated rings. The van der Waals surface area contributed by atoms with Crippen molar-refractivity contribution in [1.29, 1.82) is 0 Å². The van der Waals surface area contributed by atoms with Gasteiger partial charge in [-0.05, 0) is 177 Å². The lowest BCUT2D eigenvalue weighted by molar-refractivity contribution is -0.158. The number of aryl methyl sites for hydroxylation is 4. The highest BCUT2D eigenvalue weighted by molar-refractivity contribution is 7.89. The first-order chi connectivity index (χ1) is 52.3. The number of aliphatic imine (C=N–C) groups is 1. The average molecular weight is 1600 g/mol. The molecule has 0 bridgehead atoms. The number of hydrogen-bond donors (Lipinski definition) is 8. The van der Waals surface area contributed by atoms with Gasteiger partial charge in [0.25, 0.3) is 5.91 Å². The fourth-order valence-electron chi connectivity index (χ4n) is 12.3. The minimum absolute atomic E-state index is 0.0259. The van der Waals surface area contributed by atoms with Gasteiger partial charge >= 0.3 is 35.8 Å². The van der Waals surface area contributed by atoms with Crippen LogP contribution in [0.5, 0.6) is 5.75 Å². The maximum absolute atomic E-state index is 14.3. The molecule has 3 atom stereocenters. The Morgan fingerprint density at radius 3 is 1.59 bits per heavy atom. The van der Waals surface area contributed by atoms with E-state index in [0.29, 0.717) is 25.3 Å². The van der Waals surface area contributed by atoms with Crippen molar-refractivity contribution in [2.45, 2.75) is 213 Å². The quantitative estimate of drug-likeness (QED) is 0.0233. The number of carbonyl (C=O) groups is 11. The first kappa shape index (κ1) is 93.7. The highest BCUT2D eigenvalue weighted by Gasteiger charge is 2.34. The van der Waals surface area contributed by atoms with Crippen LogP contribution < -0.4 is 41.4 Å². The molecular formula is C77H122N14O20S. The number of ether oxygens (including phenoxy) is 6. The van der Waals surface area contributed by atoms with Crippen LogP contribution in [0.25, 0.3) is 10.9 Å². The van der Waals surface area contributed by atoms with Gasteiger partial charge in [0, 0.05) is 129 Å². The van der Waals surface area contributed by atoms with Crippen LogP contribution in [0, 0.1) is 13.8 Å². The molecule has 5 amide bonds. The first-order valence-corrected chi connectivity index (χ1v) is 39.8. The molecule has 626 valence electrons. The molecule has 35 heteroatoms. The Morgan fingerprint density at radius 1 is 0.571 bits per heavy atom. The molecule has 0 spiro atoms. The smallest absolute Gasteiger partial charge is 0.325 e. The third-order valence-corrected chi connectivity index (χ3v) is 19.1. The summed E-state index contributed by atoms with van der Waals surface area (Å²) in [5.74, 6) is -6.47. The molecular weight excluding hydrogens is 1470 g/mol. The molecule has 5 rings (SSSR count). The predicted octanol–water partition coefficient (Wildman–Crippen LogP) is 3.14. The van der Waals surface area contributed by atoms with E-state index >= 15 is 0 Å². The van der Waals surface area contributed by atoms with Gasteiger partial charge in [0.2, 0.25) is 33.7 Å². The molecule has 1 saturated heterocycles. The van der Waals surface area contributed by atoms with Crippen LogP contribution in [0.1, 0.15) is 174 Å². The Morgan fingerprint density at radius 2 is 1.08 bits per heavy atom. The second-order valence-corrected chi connectivity index (χ2v) is 33.8. The van der Waals surface area contributed by atoms with E-state index in [-0.39, 0.29) is 132 Å². The van der Waals surface area contributed by atoms with Crippen molar-refractivity contribution in [3.05, 3.63) is 52.7 Å². The van der Waals surface area contributed by atoms with E-state index in [1.807, 2.05) is 20.8 Å². The standard InChI is InChI=1S/C77H122N14O20S/c1-51-43-54(44-52(2)69(51)112(104,105)86-59(73(103)106-16)46-82-70(100)53-24-25-55-56(85-87(15)60(55)45-53)21-19-31-79-61-22-17-18-30-78-61)107-42-20-23-62(92)80-32-33-81-71(101)57(27-29-65(96)108-74(3,4)5)84-72(102)58(26-28-64(94)95)83-63(93)47-88-34-36-89(48-66(97)109-75(6,7)8)38-40-91(50-68(99)111-77(12,13)14)41-39-90(37-35-88)49-67(98)110-76(9,10)11/h24-25,43-45,57-59,86H,17-23,26-42,46-50H2,1-16H3,(H,78,79)(H,80,92)(H,81,101)(H,82,100)(H,83,93)(H,84,102)(H,94,95)/t57-,58-,59-/m0/s1. The fourth-order valence-corrected chi connectivity index (χ4v) is 14.0. The number of sulfonamides is 1. The van der Waals surface area contributed by atoms with Crippen molar-refractivity contribution in [3.63, 3.8) is 0 Å². The summed E-state index contributed by atoms with van der Waals surface area (Å²) in [5, 5.41) is 32.1. The van der Waals surface area contributed by atoms with E-state index in [2.05, 4.69) is 41.6 Å². The minimum Gasteiger partial charge on any atom is -0.494 e. The zero-order valence-corrected chi connectivity index (χ0v) is 69.2. The Bertz CT molecular complexity index is 3810. The number of fused-ring (bicyclic) bond motifs is 1. The molecule has 112 heavy (non-hydrogen) atoms. The number of nitrogens with one attached hydrogen (secondary N) is 7. The van der Waals surface area contributed by atoms with Crippen LogP contribution in [-0.2, 0) is 95.1 Å². The van der Waals surface area contributed by atoms with Crippen molar-refractivity contribution >= 4 is 92.1 Å². The second kappa shape index (κ2) is 43.9. The normalized spacial score (nSPS) is 15.7. The number of rotatable bonds is 37. The molecule has 34 nitrogen and oxygen atoms in total. The van der Waals surface area contributed by atoms with E-state index in [1.165, 1.54) is 12.1 Å². The number of benzene rings is 2. The number of carboxylic acids is 1. The first-order valence-electron chi connectivity index (χ1n) is 38.3. The van der Waals surface area contributed by atoms with Crippen LogP contribution in [0.2, 0.25) is 0 Å². The zero-order chi connectivity index (χ0) is 83.3. The van der Waals surface area contributed by atoms with E-state index in [1.54, 1.807) is 126 Å². The number of amidine groups is 1. The summed E-state index contributed by atoms with van der Waals surface area (Å²) in [5.41, 5.74) is -0.845. The largest absolute Gasteiger partial charge is 0.494 e. The third kappa shape index (κ3) is 35.4. The highest BCUT2D eigenvalue weighted by atomic mass is 32.2. The summed E-state index contributed by atoms with van der Waals surface area (Å²) in [6, 6.07) is 3.66. The van der Waals surface area contributed by atoms with Gasteiger partial charge in [-0.25, -0.2) is 8.42 Å². The topological polar surface area (TPSA) is 425 Å². The van der Waals surface area contributed by atoms with Gasteiger partial charge in [-0.3, -0.25) is 82.0 Å². The lowest BCUT2D eigenvalue weighted by atomic mass is 10.1. The van der Waals surface area contributed by atoms with Gasteiger partial charge in [-0.15, -0.1) is 0 Å². The Kier molecular flexibility index (Phi) is 36.8. The molecule has 2 aliphatic rings. The molecule has 2 aliphatic heterocycles. The van der Waals surface area contributed by atoms with Crippen LogP contribution in [0.15, 0.2) is 40.2 Å². The van der Waals surface area contributed by atoms with Crippen LogP contribution in [0.4, 0.5) is 0 Å². The number of hydrogen-bond acceptors (Lipinski definition) is 26. The predicted molar refractivity (Wildman–Crippen MR) is 417 cm³/mol. The van der Waals surface area contributed by atoms with E-state index in [0.717, 1.165) is 68.3 Å². The highest BCUT2D eigenvalue weighted by Crippen LogP contribution is 2.27. The number of methoxy groups -OCH3 is 1. The Labute approximate surface area is 658 Å². The van der Waals surface area contributed by atoms with Gasteiger partial charge in [0.15, 0.2) is 0 Å². The van der Waals surface area contributed by atoms with Crippen LogP contribution >= 0.6 is 0 Å². The average Bonchev–Trinajstić information content (AvgIpc) is 1.25. The summed E-state index contributed by atoms with van der Waals surface area (Å²) >= 11 is 0. The van der Waals surface area contributed by atoms with Gasteiger partial charge in [-0.2, -0.15) is 9.82 Å². The lowest BCUT2D eigenvalue weighted by Gasteiger charge is -2.34. The monoisotopic (exact) mass is 1590 g/mol. The number of aliphatic carboxylic acids is 1. The number of carboxylic acid groups (broad SMARTS) is 1. The molecule has 0 radical (unpaired) electrons. The number of amides is 5. The van der Waals surface area contributed by atoms with Crippen LogP contribution in [-0.4, -0.2) is 280 Å². The van der Waals surface area contributed by atoms with Crippen LogP contribution in [0.3, 0.4) is 0 Å². The molecule has 8 N–H and O–H groups in total. The SMILES string of the molecule is COC(=O)[C@H](CNC(=O)c1ccc2c(CCCNC3=NCCCC3)nn(C)c2c1)NS(=O)(=O)c1c(C)cc(OCCCC(=O)NCCNC(=O)[C@H](CCC(=O)OC(C)(C)C)NC(=O)[C@H](CCC(=O)O)NC(=O)CN2CCN(CC(=O)OC(C)(C)C)CCN(CC(=O)OC(C)(C)C)CCN(CC(=O)OC(C)(C)C)CC2)cc1C. The van der Waals surface area contributed by atoms with Crippen molar-refractivity contribution in [3.8, 4) is 5.75 Å². The fraction of sp³-hybridized carbons (Fsp3) is 0.675. The zero-order valence-electron chi connectivity index (χ0n) is 68.4. The number of carbonyl (C=O) groups excluding carboxylic acids is 10. The maximum Gasteiger partial charge on any atom is 0.325 e. The van der Waals surface area contributed by atoms with E-state index in [9.17, 15) is 66.3 Å². The maximum atomic E-state index is 14.3. The summed E-state index contributed by atoms with van der Waals surface area (Å²) in [6.07, 6.45) is 3.25. The number of esters is 5. The van der Waals surface area contributed by atoms with Gasteiger partial charge < -0.3 is 65.4 Å². The number of aromatic nitrogens is 2. The summed E-state index contributed by atoms with van der Waals surface area (Å²) in [7, 11) is -1.54.